The fourth-order valence-corrected chi connectivity index (χ4v) is 1.91. The lowest BCUT2D eigenvalue weighted by molar-refractivity contribution is 0.151. The van der Waals surface area contributed by atoms with E-state index in [0.29, 0.717) is 0 Å². The van der Waals surface area contributed by atoms with Crippen LogP contribution in [0.25, 0.3) is 0 Å². The van der Waals surface area contributed by atoms with Gasteiger partial charge in [0.2, 0.25) is 0 Å². The molecule has 2 rings (SSSR count). The second-order valence-corrected chi connectivity index (χ2v) is 4.20. The number of aliphatic hydroxyl groups is 1. The van der Waals surface area contributed by atoms with Gasteiger partial charge in [-0.15, -0.1) is 0 Å². The third-order valence-electron chi connectivity index (χ3n) is 2.99. The molecule has 0 bridgehead atoms. The Bertz CT molecular complexity index is 481. The summed E-state index contributed by atoms with van der Waals surface area (Å²) in [6, 6.07) is 15.8. The standard InChI is InChI=1S/C15H15FO/c1-11(13-8-5-9-14(16)10-13)15(17)12-6-3-2-4-7-12/h2-11,15,17H,1H3. The number of halogens is 1. The van der Waals surface area contributed by atoms with E-state index in [1.807, 2.05) is 43.3 Å². The lowest BCUT2D eigenvalue weighted by atomic mass is 9.91. The van der Waals surface area contributed by atoms with Crippen LogP contribution in [0.5, 0.6) is 0 Å². The summed E-state index contributed by atoms with van der Waals surface area (Å²) in [5.74, 6) is -0.400. The Morgan fingerprint density at radius 2 is 1.59 bits per heavy atom. The molecule has 2 unspecified atom stereocenters. The van der Waals surface area contributed by atoms with E-state index in [4.69, 9.17) is 0 Å². The molecule has 0 spiro atoms. The topological polar surface area (TPSA) is 20.2 Å². The van der Waals surface area contributed by atoms with E-state index in [-0.39, 0.29) is 11.7 Å². The van der Waals surface area contributed by atoms with Crippen LogP contribution in [-0.2, 0) is 0 Å². The fourth-order valence-electron chi connectivity index (χ4n) is 1.91. The van der Waals surface area contributed by atoms with Crippen molar-refractivity contribution < 1.29 is 9.50 Å². The molecule has 0 aliphatic heterocycles. The van der Waals surface area contributed by atoms with Crippen molar-refractivity contribution in [2.75, 3.05) is 0 Å². The molecule has 0 aliphatic carbocycles. The summed E-state index contributed by atoms with van der Waals surface area (Å²) < 4.78 is 13.1. The molecule has 0 aromatic heterocycles. The molecule has 2 aromatic carbocycles. The summed E-state index contributed by atoms with van der Waals surface area (Å²) in [6.45, 7) is 1.90. The third kappa shape index (κ3) is 2.71. The normalized spacial score (nSPS) is 14.3. The lowest BCUT2D eigenvalue weighted by Gasteiger charge is -2.19. The van der Waals surface area contributed by atoms with E-state index in [2.05, 4.69) is 0 Å². The molecule has 88 valence electrons. The molecule has 0 saturated heterocycles. The van der Waals surface area contributed by atoms with Gasteiger partial charge >= 0.3 is 0 Å². The minimum atomic E-state index is -0.613. The van der Waals surface area contributed by atoms with Crippen LogP contribution in [0, 0.1) is 5.82 Å². The quantitative estimate of drug-likeness (QED) is 0.853. The molecule has 17 heavy (non-hydrogen) atoms. The summed E-state index contributed by atoms with van der Waals surface area (Å²) in [5, 5.41) is 10.2. The van der Waals surface area contributed by atoms with Gasteiger partial charge in [0, 0.05) is 5.92 Å². The van der Waals surface area contributed by atoms with E-state index >= 15 is 0 Å². The second-order valence-electron chi connectivity index (χ2n) is 4.20. The third-order valence-corrected chi connectivity index (χ3v) is 2.99. The number of hydrogen-bond acceptors (Lipinski definition) is 1. The van der Waals surface area contributed by atoms with E-state index < -0.39 is 6.10 Å². The summed E-state index contributed by atoms with van der Waals surface area (Å²) in [7, 11) is 0. The van der Waals surface area contributed by atoms with E-state index in [1.165, 1.54) is 12.1 Å². The highest BCUT2D eigenvalue weighted by Gasteiger charge is 2.18. The molecule has 2 aromatic rings. The van der Waals surface area contributed by atoms with Gasteiger partial charge in [-0.25, -0.2) is 4.39 Å². The Labute approximate surface area is 101 Å². The van der Waals surface area contributed by atoms with Crippen LogP contribution >= 0.6 is 0 Å². The van der Waals surface area contributed by atoms with Crippen molar-refractivity contribution >= 4 is 0 Å². The lowest BCUT2D eigenvalue weighted by Crippen LogP contribution is -2.07. The van der Waals surface area contributed by atoms with Crippen molar-refractivity contribution in [1.82, 2.24) is 0 Å². The van der Waals surface area contributed by atoms with Gasteiger partial charge in [0.25, 0.3) is 0 Å². The molecule has 2 atom stereocenters. The van der Waals surface area contributed by atoms with E-state index in [1.54, 1.807) is 6.07 Å². The Morgan fingerprint density at radius 1 is 0.941 bits per heavy atom. The molecule has 0 fully saturated rings. The zero-order valence-corrected chi connectivity index (χ0v) is 9.68. The largest absolute Gasteiger partial charge is 0.388 e. The molecule has 0 heterocycles. The Balaban J connectivity index is 2.23. The van der Waals surface area contributed by atoms with Crippen LogP contribution in [0.2, 0.25) is 0 Å². The minimum absolute atomic E-state index is 0.131. The van der Waals surface area contributed by atoms with Crippen LogP contribution < -0.4 is 0 Å². The Kier molecular flexibility index (Phi) is 3.55. The summed E-state index contributed by atoms with van der Waals surface area (Å²) in [5.41, 5.74) is 1.66. The van der Waals surface area contributed by atoms with Crippen molar-refractivity contribution in [3.8, 4) is 0 Å². The van der Waals surface area contributed by atoms with Crippen LogP contribution in [0.1, 0.15) is 30.1 Å². The van der Waals surface area contributed by atoms with Gasteiger partial charge in [0.15, 0.2) is 0 Å². The molecule has 2 heteroatoms. The van der Waals surface area contributed by atoms with E-state index in [9.17, 15) is 9.50 Å². The monoisotopic (exact) mass is 230 g/mol. The van der Waals surface area contributed by atoms with Gasteiger partial charge in [0.1, 0.15) is 5.82 Å². The summed E-state index contributed by atoms with van der Waals surface area (Å²) >= 11 is 0. The Hall–Kier alpha value is -1.67. The SMILES string of the molecule is CC(c1cccc(F)c1)C(O)c1ccccc1. The fraction of sp³-hybridized carbons (Fsp3) is 0.200. The first-order chi connectivity index (χ1) is 8.18. The zero-order chi connectivity index (χ0) is 12.3. The van der Waals surface area contributed by atoms with Crippen LogP contribution in [-0.4, -0.2) is 5.11 Å². The van der Waals surface area contributed by atoms with E-state index in [0.717, 1.165) is 11.1 Å². The maximum atomic E-state index is 13.1. The van der Waals surface area contributed by atoms with Crippen molar-refractivity contribution in [3.05, 3.63) is 71.5 Å². The van der Waals surface area contributed by atoms with Crippen molar-refractivity contribution in [2.24, 2.45) is 0 Å². The van der Waals surface area contributed by atoms with Gasteiger partial charge < -0.3 is 5.11 Å². The highest BCUT2D eigenvalue weighted by Crippen LogP contribution is 2.30. The predicted molar refractivity (Wildman–Crippen MR) is 66.2 cm³/mol. The molecule has 0 radical (unpaired) electrons. The first-order valence-corrected chi connectivity index (χ1v) is 5.67. The van der Waals surface area contributed by atoms with Gasteiger partial charge in [-0.05, 0) is 23.3 Å². The molecule has 1 nitrogen and oxygen atoms in total. The highest BCUT2D eigenvalue weighted by molar-refractivity contribution is 5.26. The second kappa shape index (κ2) is 5.11. The van der Waals surface area contributed by atoms with Gasteiger partial charge in [0.05, 0.1) is 6.10 Å². The maximum Gasteiger partial charge on any atom is 0.123 e. The van der Waals surface area contributed by atoms with Crippen molar-refractivity contribution in [3.63, 3.8) is 0 Å². The average Bonchev–Trinajstić information content (AvgIpc) is 2.38. The molecule has 0 aliphatic rings. The van der Waals surface area contributed by atoms with Crippen molar-refractivity contribution in [1.29, 1.82) is 0 Å². The average molecular weight is 230 g/mol. The van der Waals surface area contributed by atoms with Crippen LogP contribution in [0.4, 0.5) is 4.39 Å². The highest BCUT2D eigenvalue weighted by atomic mass is 19.1. The maximum absolute atomic E-state index is 13.1. The molecular formula is C15H15FO. The van der Waals surface area contributed by atoms with Gasteiger partial charge in [-0.3, -0.25) is 0 Å². The van der Waals surface area contributed by atoms with Crippen LogP contribution in [0.3, 0.4) is 0 Å². The zero-order valence-electron chi connectivity index (χ0n) is 9.68. The van der Waals surface area contributed by atoms with Gasteiger partial charge in [-0.1, -0.05) is 49.4 Å². The molecule has 0 amide bonds. The number of hydrogen-bond donors (Lipinski definition) is 1. The van der Waals surface area contributed by atoms with Crippen LogP contribution in [0.15, 0.2) is 54.6 Å². The first kappa shape index (κ1) is 11.8. The number of benzene rings is 2. The summed E-state index contributed by atoms with van der Waals surface area (Å²) in [4.78, 5) is 0. The predicted octanol–water partition coefficient (Wildman–Crippen LogP) is 3.66. The molecular weight excluding hydrogens is 215 g/mol. The number of rotatable bonds is 3. The summed E-state index contributed by atoms with van der Waals surface area (Å²) in [6.07, 6.45) is -0.613. The van der Waals surface area contributed by atoms with Gasteiger partial charge in [-0.2, -0.15) is 0 Å². The Morgan fingerprint density at radius 3 is 2.24 bits per heavy atom. The first-order valence-electron chi connectivity index (χ1n) is 5.67. The minimum Gasteiger partial charge on any atom is -0.388 e. The smallest absolute Gasteiger partial charge is 0.123 e. The number of aliphatic hydroxyl groups excluding tert-OH is 1. The molecule has 1 N–H and O–H groups in total. The molecule has 0 saturated carbocycles. The van der Waals surface area contributed by atoms with Crippen molar-refractivity contribution in [2.45, 2.75) is 18.9 Å².